The van der Waals surface area contributed by atoms with Crippen molar-refractivity contribution in [2.45, 2.75) is 33.3 Å². The highest BCUT2D eigenvalue weighted by Crippen LogP contribution is 2.42. The zero-order chi connectivity index (χ0) is 19.1. The van der Waals surface area contributed by atoms with Gasteiger partial charge in [0.25, 0.3) is 0 Å². The quantitative estimate of drug-likeness (QED) is 0.692. The standard InChI is InChI=1S/C23H24FNO/c1-6-16-7-9-17(10-8-16)19-13-22(26-23(19,4)5)15(3)18-12-20(24)14(2)11-21(18)25/h6-13H,1,25H2,2-5H3/b22-15-. The Balaban J connectivity index is 2.08. The Hall–Kier alpha value is -2.81. The molecular weight excluding hydrogens is 325 g/mol. The van der Waals surface area contributed by atoms with E-state index in [4.69, 9.17) is 10.5 Å². The Morgan fingerprint density at radius 1 is 1.19 bits per heavy atom. The van der Waals surface area contributed by atoms with Crippen molar-refractivity contribution in [3.63, 3.8) is 0 Å². The summed E-state index contributed by atoms with van der Waals surface area (Å²) in [4.78, 5) is 0. The third kappa shape index (κ3) is 3.17. The SMILES string of the molecule is C=Cc1ccc(C2=C/C(=C(\C)c3cc(F)c(C)cc3N)OC2(C)C)cc1. The highest BCUT2D eigenvalue weighted by atomic mass is 19.1. The number of nitrogen functional groups attached to an aromatic ring is 1. The van der Waals surface area contributed by atoms with E-state index in [0.29, 0.717) is 22.6 Å². The van der Waals surface area contributed by atoms with Crippen molar-refractivity contribution in [2.75, 3.05) is 5.73 Å². The largest absolute Gasteiger partial charge is 0.483 e. The molecule has 0 radical (unpaired) electrons. The van der Waals surface area contributed by atoms with Crippen LogP contribution in [0.15, 0.2) is 54.8 Å². The van der Waals surface area contributed by atoms with Gasteiger partial charge in [-0.1, -0.05) is 36.9 Å². The van der Waals surface area contributed by atoms with Crippen LogP contribution < -0.4 is 5.73 Å². The van der Waals surface area contributed by atoms with E-state index >= 15 is 0 Å². The average molecular weight is 349 g/mol. The Labute approximate surface area is 154 Å². The zero-order valence-electron chi connectivity index (χ0n) is 15.7. The summed E-state index contributed by atoms with van der Waals surface area (Å²) in [6, 6.07) is 11.3. The maximum atomic E-state index is 14.0. The molecular formula is C23H24FNO. The van der Waals surface area contributed by atoms with Gasteiger partial charge in [-0.2, -0.15) is 0 Å². The first-order valence-electron chi connectivity index (χ1n) is 8.64. The van der Waals surface area contributed by atoms with Crippen LogP contribution >= 0.6 is 0 Å². The van der Waals surface area contributed by atoms with E-state index in [1.807, 2.05) is 45.1 Å². The van der Waals surface area contributed by atoms with Crippen LogP contribution in [0.5, 0.6) is 0 Å². The fourth-order valence-corrected chi connectivity index (χ4v) is 3.24. The van der Waals surface area contributed by atoms with Crippen LogP contribution in [-0.4, -0.2) is 5.60 Å². The molecule has 0 unspecified atom stereocenters. The molecule has 0 saturated carbocycles. The van der Waals surface area contributed by atoms with E-state index in [1.165, 1.54) is 6.07 Å². The number of rotatable bonds is 3. The average Bonchev–Trinajstić information content (AvgIpc) is 2.93. The molecule has 1 aliphatic rings. The lowest BCUT2D eigenvalue weighted by atomic mass is 9.91. The first kappa shape index (κ1) is 18.0. The van der Waals surface area contributed by atoms with Gasteiger partial charge < -0.3 is 10.5 Å². The monoisotopic (exact) mass is 349 g/mol. The van der Waals surface area contributed by atoms with Gasteiger partial charge in [0, 0.05) is 22.4 Å². The molecule has 0 amide bonds. The van der Waals surface area contributed by atoms with Gasteiger partial charge in [0.1, 0.15) is 17.2 Å². The predicted octanol–water partition coefficient (Wildman–Crippen LogP) is 5.98. The van der Waals surface area contributed by atoms with Gasteiger partial charge in [-0.3, -0.25) is 0 Å². The minimum Gasteiger partial charge on any atom is -0.483 e. The lowest BCUT2D eigenvalue weighted by Crippen LogP contribution is -2.20. The lowest BCUT2D eigenvalue weighted by Gasteiger charge is -2.24. The number of nitrogens with two attached hydrogens (primary N) is 1. The Bertz CT molecular complexity index is 933. The zero-order valence-corrected chi connectivity index (χ0v) is 15.7. The number of aryl methyl sites for hydroxylation is 1. The van der Waals surface area contributed by atoms with Crippen LogP contribution in [0.25, 0.3) is 17.2 Å². The molecule has 0 atom stereocenters. The molecule has 1 heterocycles. The fraction of sp³-hybridized carbons (Fsp3) is 0.217. The van der Waals surface area contributed by atoms with E-state index < -0.39 is 5.60 Å². The van der Waals surface area contributed by atoms with Crippen molar-refractivity contribution < 1.29 is 9.13 Å². The Morgan fingerprint density at radius 3 is 2.46 bits per heavy atom. The van der Waals surface area contributed by atoms with Crippen molar-refractivity contribution in [1.29, 1.82) is 0 Å². The summed E-state index contributed by atoms with van der Waals surface area (Å²) < 4.78 is 20.2. The molecule has 1 aliphatic heterocycles. The fourth-order valence-electron chi connectivity index (χ4n) is 3.24. The number of allylic oxidation sites excluding steroid dienone is 2. The van der Waals surface area contributed by atoms with Crippen LogP contribution in [-0.2, 0) is 4.74 Å². The normalized spacial score (nSPS) is 17.5. The lowest BCUT2D eigenvalue weighted by molar-refractivity contribution is 0.112. The minimum atomic E-state index is -0.482. The van der Waals surface area contributed by atoms with Crippen molar-refractivity contribution >= 4 is 22.9 Å². The summed E-state index contributed by atoms with van der Waals surface area (Å²) in [5, 5.41) is 0. The summed E-state index contributed by atoms with van der Waals surface area (Å²) in [6.07, 6.45) is 3.84. The van der Waals surface area contributed by atoms with E-state index in [0.717, 1.165) is 22.3 Å². The smallest absolute Gasteiger partial charge is 0.129 e. The molecule has 134 valence electrons. The number of hydrogen-bond acceptors (Lipinski definition) is 2. The number of ether oxygens (including phenoxy) is 1. The second-order valence-corrected chi connectivity index (χ2v) is 7.17. The van der Waals surface area contributed by atoms with Gasteiger partial charge in [-0.15, -0.1) is 0 Å². The number of benzene rings is 2. The molecule has 3 rings (SSSR count). The van der Waals surface area contributed by atoms with E-state index in [9.17, 15) is 4.39 Å². The maximum Gasteiger partial charge on any atom is 0.129 e. The van der Waals surface area contributed by atoms with Crippen molar-refractivity contribution in [2.24, 2.45) is 0 Å². The van der Waals surface area contributed by atoms with Gasteiger partial charge in [-0.05, 0) is 62.6 Å². The topological polar surface area (TPSA) is 35.2 Å². The molecule has 0 fully saturated rings. The summed E-state index contributed by atoms with van der Waals surface area (Å²) >= 11 is 0. The molecule has 2 aromatic rings. The minimum absolute atomic E-state index is 0.268. The predicted molar refractivity (Wildman–Crippen MR) is 108 cm³/mol. The van der Waals surface area contributed by atoms with E-state index in [1.54, 1.807) is 13.0 Å². The van der Waals surface area contributed by atoms with Gasteiger partial charge in [0.15, 0.2) is 0 Å². The van der Waals surface area contributed by atoms with Crippen LogP contribution in [0.2, 0.25) is 0 Å². The van der Waals surface area contributed by atoms with Gasteiger partial charge >= 0.3 is 0 Å². The molecule has 2 nitrogen and oxygen atoms in total. The first-order valence-corrected chi connectivity index (χ1v) is 8.64. The molecule has 2 aromatic carbocycles. The Morgan fingerprint density at radius 2 is 1.85 bits per heavy atom. The van der Waals surface area contributed by atoms with Crippen LogP contribution in [0, 0.1) is 12.7 Å². The van der Waals surface area contributed by atoms with Crippen LogP contribution in [0.1, 0.15) is 43.0 Å². The first-order chi connectivity index (χ1) is 12.2. The summed E-state index contributed by atoms with van der Waals surface area (Å²) in [7, 11) is 0. The van der Waals surface area contributed by atoms with Crippen LogP contribution in [0.3, 0.4) is 0 Å². The van der Waals surface area contributed by atoms with Gasteiger partial charge in [0.05, 0.1) is 0 Å². The molecule has 0 spiro atoms. The highest BCUT2D eigenvalue weighted by molar-refractivity contribution is 5.83. The number of anilines is 1. The molecule has 26 heavy (non-hydrogen) atoms. The van der Waals surface area contributed by atoms with Crippen molar-refractivity contribution in [3.8, 4) is 0 Å². The highest BCUT2D eigenvalue weighted by Gasteiger charge is 2.34. The molecule has 0 aliphatic carbocycles. The maximum absolute atomic E-state index is 14.0. The number of halogens is 1. The summed E-state index contributed by atoms with van der Waals surface area (Å²) in [5.41, 5.74) is 11.5. The van der Waals surface area contributed by atoms with Crippen molar-refractivity contribution in [3.05, 3.63) is 82.9 Å². The van der Waals surface area contributed by atoms with Gasteiger partial charge in [0.2, 0.25) is 0 Å². The molecule has 3 heteroatoms. The number of hydrogen-bond donors (Lipinski definition) is 1. The molecule has 0 aromatic heterocycles. The Kier molecular flexibility index (Phi) is 4.49. The molecule has 0 bridgehead atoms. The third-order valence-corrected chi connectivity index (χ3v) is 4.85. The summed E-state index contributed by atoms with van der Waals surface area (Å²) in [5.74, 6) is 0.448. The van der Waals surface area contributed by atoms with Crippen molar-refractivity contribution in [1.82, 2.24) is 0 Å². The van der Waals surface area contributed by atoms with Crippen LogP contribution in [0.4, 0.5) is 10.1 Å². The van der Waals surface area contributed by atoms with Gasteiger partial charge in [-0.25, -0.2) is 4.39 Å². The third-order valence-electron chi connectivity index (χ3n) is 4.85. The second kappa shape index (κ2) is 6.49. The van der Waals surface area contributed by atoms with E-state index in [-0.39, 0.29) is 5.82 Å². The molecule has 2 N–H and O–H groups in total. The van der Waals surface area contributed by atoms with E-state index in [2.05, 4.69) is 18.7 Å². The summed E-state index contributed by atoms with van der Waals surface area (Å²) in [6.45, 7) is 11.5. The molecule has 0 saturated heterocycles. The second-order valence-electron chi connectivity index (χ2n) is 7.17.